The molecule has 1 amide bonds. The van der Waals surface area contributed by atoms with E-state index in [1.165, 1.54) is 12.0 Å². The molecule has 0 atom stereocenters. The molecule has 1 aliphatic carbocycles. The summed E-state index contributed by atoms with van der Waals surface area (Å²) in [5.74, 6) is -0.0980. The van der Waals surface area contributed by atoms with Gasteiger partial charge in [0, 0.05) is 18.2 Å². The topological polar surface area (TPSA) is 44.9 Å². The number of hydrogen-bond acceptors (Lipinski definition) is 1. The lowest BCUT2D eigenvalue weighted by molar-refractivity contribution is 0.0923. The smallest absolute Gasteiger partial charge is 0.267 e. The number of carbonyl (C=O) groups excluding carboxylic acids is 1. The molecule has 2 aromatic rings. The van der Waals surface area contributed by atoms with E-state index in [9.17, 15) is 4.79 Å². The fraction of sp³-hybridized carbons (Fsp3) is 0.312. The minimum absolute atomic E-state index is 0.0980. The van der Waals surface area contributed by atoms with Crippen molar-refractivity contribution in [1.82, 2.24) is 10.3 Å². The molecule has 1 heterocycles. The normalized spacial score (nSPS) is 16.4. The number of H-pyrrole nitrogens is 1. The van der Waals surface area contributed by atoms with Crippen LogP contribution in [0.25, 0.3) is 0 Å². The van der Waals surface area contributed by atoms with Gasteiger partial charge >= 0.3 is 0 Å². The highest BCUT2D eigenvalue weighted by Crippen LogP contribution is 2.43. The number of aromatic nitrogens is 1. The van der Waals surface area contributed by atoms with Crippen LogP contribution in [0, 0.1) is 0 Å². The Bertz CT molecular complexity index is 602. The third-order valence-electron chi connectivity index (χ3n) is 4.18. The second-order valence-electron chi connectivity index (χ2n) is 5.41. The highest BCUT2D eigenvalue weighted by molar-refractivity contribution is 6.30. The lowest BCUT2D eigenvalue weighted by atomic mass is 9.64. The van der Waals surface area contributed by atoms with E-state index in [0.717, 1.165) is 12.8 Å². The van der Waals surface area contributed by atoms with Gasteiger partial charge in [0.2, 0.25) is 0 Å². The van der Waals surface area contributed by atoms with E-state index < -0.39 is 0 Å². The predicted octanol–water partition coefficient (Wildman–Crippen LogP) is 3.52. The Morgan fingerprint density at radius 3 is 2.60 bits per heavy atom. The number of halogens is 1. The number of nitrogens with one attached hydrogen (secondary N) is 2. The van der Waals surface area contributed by atoms with Crippen LogP contribution in [-0.2, 0) is 5.41 Å². The third-order valence-corrected chi connectivity index (χ3v) is 4.39. The van der Waals surface area contributed by atoms with E-state index in [4.69, 9.17) is 11.6 Å². The highest BCUT2D eigenvalue weighted by Gasteiger charge is 2.38. The van der Waals surface area contributed by atoms with Gasteiger partial charge in [0.1, 0.15) is 5.69 Å². The van der Waals surface area contributed by atoms with Crippen molar-refractivity contribution < 1.29 is 4.79 Å². The SMILES string of the molecule is O=C(NCC1(c2ccccc2)CCC1)c1cc(Cl)c[nH]1. The van der Waals surface area contributed by atoms with Crippen LogP contribution in [0.1, 0.15) is 35.3 Å². The van der Waals surface area contributed by atoms with Crippen molar-refractivity contribution >= 4 is 17.5 Å². The number of amides is 1. The fourth-order valence-corrected chi connectivity index (χ4v) is 2.97. The molecule has 0 aliphatic heterocycles. The Labute approximate surface area is 123 Å². The van der Waals surface area contributed by atoms with Gasteiger partial charge in [-0.25, -0.2) is 0 Å². The predicted molar refractivity (Wildman–Crippen MR) is 80.1 cm³/mol. The lowest BCUT2D eigenvalue weighted by Crippen LogP contribution is -2.45. The van der Waals surface area contributed by atoms with Crippen LogP contribution in [-0.4, -0.2) is 17.4 Å². The molecule has 3 rings (SSSR count). The number of aromatic amines is 1. The first-order valence-corrected chi connectivity index (χ1v) is 7.25. The molecular weight excluding hydrogens is 272 g/mol. The lowest BCUT2D eigenvalue weighted by Gasteiger charge is -2.42. The first kappa shape index (κ1) is 13.3. The molecule has 1 saturated carbocycles. The van der Waals surface area contributed by atoms with Gasteiger partial charge < -0.3 is 10.3 Å². The van der Waals surface area contributed by atoms with Crippen molar-refractivity contribution in [2.75, 3.05) is 6.54 Å². The van der Waals surface area contributed by atoms with E-state index in [-0.39, 0.29) is 11.3 Å². The van der Waals surface area contributed by atoms with Crippen molar-refractivity contribution in [3.8, 4) is 0 Å². The standard InChI is InChI=1S/C16H17ClN2O/c17-13-9-14(18-10-13)15(20)19-11-16(7-4-8-16)12-5-2-1-3-6-12/h1-3,5-6,9-10,18H,4,7-8,11H2,(H,19,20). The molecule has 0 bridgehead atoms. The minimum Gasteiger partial charge on any atom is -0.356 e. The maximum atomic E-state index is 12.1. The summed E-state index contributed by atoms with van der Waals surface area (Å²) >= 11 is 5.82. The van der Waals surface area contributed by atoms with Gasteiger partial charge in [0.25, 0.3) is 5.91 Å². The largest absolute Gasteiger partial charge is 0.356 e. The zero-order valence-corrected chi connectivity index (χ0v) is 11.9. The summed E-state index contributed by atoms with van der Waals surface area (Å²) in [4.78, 5) is 14.9. The molecule has 0 saturated heterocycles. The van der Waals surface area contributed by atoms with E-state index in [0.29, 0.717) is 17.3 Å². The van der Waals surface area contributed by atoms with Crippen LogP contribution < -0.4 is 5.32 Å². The number of rotatable bonds is 4. The van der Waals surface area contributed by atoms with Crippen LogP contribution in [0.3, 0.4) is 0 Å². The summed E-state index contributed by atoms with van der Waals surface area (Å²) in [6.45, 7) is 0.673. The summed E-state index contributed by atoms with van der Waals surface area (Å²) in [7, 11) is 0. The quantitative estimate of drug-likeness (QED) is 0.888. The molecule has 1 aromatic heterocycles. The molecule has 0 radical (unpaired) electrons. The molecular formula is C16H17ClN2O. The maximum Gasteiger partial charge on any atom is 0.267 e. The molecule has 104 valence electrons. The molecule has 1 aliphatic rings. The summed E-state index contributed by atoms with van der Waals surface area (Å²) in [5.41, 5.74) is 1.93. The van der Waals surface area contributed by atoms with E-state index in [1.54, 1.807) is 12.3 Å². The Kier molecular flexibility index (Phi) is 3.53. The fourth-order valence-electron chi connectivity index (χ4n) is 2.81. The van der Waals surface area contributed by atoms with Gasteiger partial charge in [0.15, 0.2) is 0 Å². The second-order valence-corrected chi connectivity index (χ2v) is 5.85. The van der Waals surface area contributed by atoms with Gasteiger partial charge in [-0.2, -0.15) is 0 Å². The number of hydrogen-bond donors (Lipinski definition) is 2. The Hall–Kier alpha value is -1.74. The van der Waals surface area contributed by atoms with Crippen LogP contribution in [0.4, 0.5) is 0 Å². The zero-order chi connectivity index (χ0) is 14.0. The number of carbonyl (C=O) groups is 1. The summed E-state index contributed by atoms with van der Waals surface area (Å²) < 4.78 is 0. The molecule has 3 nitrogen and oxygen atoms in total. The van der Waals surface area contributed by atoms with Gasteiger partial charge in [-0.1, -0.05) is 48.4 Å². The molecule has 0 spiro atoms. The maximum absolute atomic E-state index is 12.1. The Morgan fingerprint density at radius 1 is 1.30 bits per heavy atom. The highest BCUT2D eigenvalue weighted by atomic mass is 35.5. The van der Waals surface area contributed by atoms with Crippen LogP contribution in [0.2, 0.25) is 5.02 Å². The van der Waals surface area contributed by atoms with Gasteiger partial charge in [-0.15, -0.1) is 0 Å². The number of benzene rings is 1. The van der Waals surface area contributed by atoms with Crippen molar-refractivity contribution in [3.05, 3.63) is 58.9 Å². The van der Waals surface area contributed by atoms with Crippen LogP contribution >= 0.6 is 11.6 Å². The summed E-state index contributed by atoms with van der Waals surface area (Å²) in [6.07, 6.45) is 5.09. The van der Waals surface area contributed by atoms with Gasteiger partial charge in [-0.05, 0) is 24.5 Å². The zero-order valence-electron chi connectivity index (χ0n) is 11.2. The van der Waals surface area contributed by atoms with E-state index in [1.807, 2.05) is 6.07 Å². The van der Waals surface area contributed by atoms with Crippen molar-refractivity contribution in [2.45, 2.75) is 24.7 Å². The molecule has 0 unspecified atom stereocenters. The molecule has 1 fully saturated rings. The average molecular weight is 289 g/mol. The van der Waals surface area contributed by atoms with E-state index in [2.05, 4.69) is 34.6 Å². The minimum atomic E-state index is -0.0980. The van der Waals surface area contributed by atoms with E-state index >= 15 is 0 Å². The second kappa shape index (κ2) is 5.33. The van der Waals surface area contributed by atoms with Gasteiger partial charge in [0.05, 0.1) is 5.02 Å². The van der Waals surface area contributed by atoms with Crippen molar-refractivity contribution in [2.24, 2.45) is 0 Å². The summed E-state index contributed by atoms with van der Waals surface area (Å²) in [5, 5.41) is 3.58. The van der Waals surface area contributed by atoms with Gasteiger partial charge in [-0.3, -0.25) is 4.79 Å². The van der Waals surface area contributed by atoms with Crippen LogP contribution in [0.15, 0.2) is 42.6 Å². The summed E-state index contributed by atoms with van der Waals surface area (Å²) in [6, 6.07) is 12.1. The monoisotopic (exact) mass is 288 g/mol. The molecule has 2 N–H and O–H groups in total. The first-order valence-electron chi connectivity index (χ1n) is 6.87. The molecule has 20 heavy (non-hydrogen) atoms. The molecule has 4 heteroatoms. The average Bonchev–Trinajstić information content (AvgIpc) is 2.85. The Balaban J connectivity index is 1.69. The Morgan fingerprint density at radius 2 is 2.05 bits per heavy atom. The molecule has 1 aromatic carbocycles. The third kappa shape index (κ3) is 2.46. The van der Waals surface area contributed by atoms with Crippen molar-refractivity contribution in [1.29, 1.82) is 0 Å². The van der Waals surface area contributed by atoms with Crippen LogP contribution in [0.5, 0.6) is 0 Å². The first-order chi connectivity index (χ1) is 9.70. The van der Waals surface area contributed by atoms with Crippen molar-refractivity contribution in [3.63, 3.8) is 0 Å².